The van der Waals surface area contributed by atoms with Gasteiger partial charge in [-0.15, -0.1) is 0 Å². The maximum Gasteiger partial charge on any atom is 0.451 e. The van der Waals surface area contributed by atoms with Gasteiger partial charge in [0.25, 0.3) is 5.79 Å². The van der Waals surface area contributed by atoms with Gasteiger partial charge in [0.05, 0.1) is 22.7 Å². The van der Waals surface area contributed by atoms with Crippen LogP contribution in [0.15, 0.2) is 48.8 Å². The first-order valence-corrected chi connectivity index (χ1v) is 15.1. The number of benzene rings is 1. The van der Waals surface area contributed by atoms with Crippen LogP contribution in [-0.2, 0) is 24.9 Å². The van der Waals surface area contributed by atoms with Gasteiger partial charge >= 0.3 is 6.18 Å². The van der Waals surface area contributed by atoms with E-state index in [9.17, 15) is 18.4 Å². The second kappa shape index (κ2) is 10.8. The SMILES string of the molecule is Cc1ccc([C@]2(C)Oc3cccc(C4CCN(Cc5ncc(-c6n[nH]c(C(F)(F)F)n6)cc5CC5(C#N)CC5)CC4)c3O2)cn1. The molecule has 0 spiro atoms. The molecule has 12 heteroatoms. The molecule has 2 aliphatic heterocycles. The van der Waals surface area contributed by atoms with Crippen LogP contribution in [0, 0.1) is 23.7 Å². The van der Waals surface area contributed by atoms with Crippen LogP contribution in [0.3, 0.4) is 0 Å². The van der Waals surface area contributed by atoms with Crippen molar-refractivity contribution in [1.82, 2.24) is 30.0 Å². The summed E-state index contributed by atoms with van der Waals surface area (Å²) < 4.78 is 52.1. The van der Waals surface area contributed by atoms with Crippen LogP contribution >= 0.6 is 0 Å². The summed E-state index contributed by atoms with van der Waals surface area (Å²) in [5.41, 5.74) is 4.53. The molecule has 0 amide bonds. The van der Waals surface area contributed by atoms with E-state index in [4.69, 9.17) is 9.47 Å². The highest BCUT2D eigenvalue weighted by Gasteiger charge is 2.44. The molecule has 45 heavy (non-hydrogen) atoms. The lowest BCUT2D eigenvalue weighted by Crippen LogP contribution is -2.33. The van der Waals surface area contributed by atoms with E-state index in [0.717, 1.165) is 78.4 Å². The van der Waals surface area contributed by atoms with Crippen molar-refractivity contribution < 1.29 is 22.6 Å². The van der Waals surface area contributed by atoms with Crippen molar-refractivity contribution in [2.24, 2.45) is 5.41 Å². The van der Waals surface area contributed by atoms with Gasteiger partial charge < -0.3 is 9.47 Å². The number of likely N-dealkylation sites (tertiary alicyclic amines) is 1. The number of piperidine rings is 1. The molecular weight excluding hydrogens is 583 g/mol. The zero-order valence-electron chi connectivity index (χ0n) is 25.0. The average molecular weight is 616 g/mol. The first kappa shape index (κ1) is 29.2. The fourth-order valence-corrected chi connectivity index (χ4v) is 6.26. The molecule has 0 unspecified atom stereocenters. The molecule has 9 nitrogen and oxygen atoms in total. The Hall–Kier alpha value is -4.50. The van der Waals surface area contributed by atoms with Crippen molar-refractivity contribution in [2.75, 3.05) is 13.1 Å². The maximum atomic E-state index is 13.1. The fourth-order valence-electron chi connectivity index (χ4n) is 6.26. The number of nitrogens with zero attached hydrogens (tertiary/aromatic N) is 6. The number of hydrogen-bond acceptors (Lipinski definition) is 8. The Kier molecular flexibility index (Phi) is 7.04. The van der Waals surface area contributed by atoms with Crippen LogP contribution in [0.1, 0.15) is 72.4 Å². The minimum absolute atomic E-state index is 0.0680. The number of rotatable bonds is 7. The Bertz CT molecular complexity index is 1770. The summed E-state index contributed by atoms with van der Waals surface area (Å²) in [6, 6.07) is 14.2. The fraction of sp³-hybridized carbons (Fsp3) is 0.424. The smallest absolute Gasteiger partial charge is 0.444 e. The lowest BCUT2D eigenvalue weighted by molar-refractivity contribution is -0.144. The number of hydrogen-bond donors (Lipinski definition) is 1. The average Bonchev–Trinajstić information content (AvgIpc) is 3.42. The predicted octanol–water partition coefficient (Wildman–Crippen LogP) is 6.46. The molecule has 5 heterocycles. The molecule has 1 atom stereocenters. The molecule has 3 aromatic heterocycles. The van der Waals surface area contributed by atoms with Crippen LogP contribution in [0.25, 0.3) is 11.4 Å². The van der Waals surface area contributed by atoms with Crippen LogP contribution in [0.4, 0.5) is 13.2 Å². The van der Waals surface area contributed by atoms with E-state index in [1.807, 2.05) is 43.2 Å². The van der Waals surface area contributed by atoms with Crippen LogP contribution < -0.4 is 9.47 Å². The van der Waals surface area contributed by atoms with Crippen LogP contribution in [-0.4, -0.2) is 43.1 Å². The van der Waals surface area contributed by atoms with Gasteiger partial charge in [0.15, 0.2) is 17.3 Å². The number of aryl methyl sites for hydroxylation is 1. The number of aromatic nitrogens is 5. The molecule has 4 aromatic rings. The number of halogens is 3. The van der Waals surface area contributed by atoms with Crippen molar-refractivity contribution in [3.8, 4) is 29.0 Å². The predicted molar refractivity (Wildman–Crippen MR) is 157 cm³/mol. The van der Waals surface area contributed by atoms with Crippen molar-refractivity contribution in [2.45, 2.75) is 70.4 Å². The quantitative estimate of drug-likeness (QED) is 0.252. The number of nitrogens with one attached hydrogen (secondary N) is 1. The molecule has 1 N–H and O–H groups in total. The number of pyridine rings is 2. The molecule has 1 saturated carbocycles. The molecule has 1 aliphatic carbocycles. The highest BCUT2D eigenvalue weighted by Crippen LogP contribution is 2.50. The molecule has 3 aliphatic rings. The van der Waals surface area contributed by atoms with Crippen molar-refractivity contribution in [3.63, 3.8) is 0 Å². The van der Waals surface area contributed by atoms with Gasteiger partial charge in [-0.05, 0) is 87.9 Å². The second-order valence-electron chi connectivity index (χ2n) is 12.5. The van der Waals surface area contributed by atoms with E-state index in [-0.39, 0.29) is 11.7 Å². The summed E-state index contributed by atoms with van der Waals surface area (Å²) in [5.74, 6) is -0.371. The molecule has 1 saturated heterocycles. The van der Waals surface area contributed by atoms with Gasteiger partial charge in [-0.1, -0.05) is 12.1 Å². The Morgan fingerprint density at radius 3 is 2.56 bits per heavy atom. The molecular formula is C33H32F3N7O2. The molecule has 0 bridgehead atoms. The normalized spacial score (nSPS) is 21.1. The standard InChI is InChI=1S/C33H32F3N7O2/c1-20-6-7-24(17-38-20)31(2)44-27-5-3-4-25(28(27)45-31)21-8-12-43(13-9-21)18-26-22(15-32(19-37)10-11-32)14-23(16-39-26)29-40-30(42-41-29)33(34,35)36/h3-7,14,16-17,21H,8-13,15,18H2,1-2H3,(H,40,41,42)/t31-/m1/s1. The lowest BCUT2D eigenvalue weighted by Gasteiger charge is -2.33. The van der Waals surface area contributed by atoms with E-state index in [2.05, 4.69) is 37.1 Å². The van der Waals surface area contributed by atoms with E-state index in [0.29, 0.717) is 18.5 Å². The summed E-state index contributed by atoms with van der Waals surface area (Å²) in [7, 11) is 0. The van der Waals surface area contributed by atoms with Gasteiger partial charge in [-0.25, -0.2) is 4.98 Å². The third-order valence-electron chi connectivity index (χ3n) is 9.14. The summed E-state index contributed by atoms with van der Waals surface area (Å²) in [4.78, 5) is 15.1. The van der Waals surface area contributed by atoms with Crippen LogP contribution in [0.5, 0.6) is 11.5 Å². The third-order valence-corrected chi connectivity index (χ3v) is 9.14. The van der Waals surface area contributed by atoms with Gasteiger partial charge in [-0.3, -0.25) is 20.0 Å². The summed E-state index contributed by atoms with van der Waals surface area (Å²) >= 11 is 0. The van der Waals surface area contributed by atoms with E-state index >= 15 is 0 Å². The summed E-state index contributed by atoms with van der Waals surface area (Å²) in [5, 5.41) is 15.5. The topological polar surface area (TPSA) is 113 Å². The van der Waals surface area contributed by atoms with E-state index in [1.54, 1.807) is 12.3 Å². The number of para-hydroxylation sites is 1. The van der Waals surface area contributed by atoms with Crippen LogP contribution in [0.2, 0.25) is 0 Å². The van der Waals surface area contributed by atoms with Gasteiger partial charge in [0.1, 0.15) is 0 Å². The summed E-state index contributed by atoms with van der Waals surface area (Å²) in [6.07, 6.45) is 2.60. The minimum Gasteiger partial charge on any atom is -0.444 e. The van der Waals surface area contributed by atoms with E-state index in [1.165, 1.54) is 6.20 Å². The van der Waals surface area contributed by atoms with Crippen molar-refractivity contribution >= 4 is 0 Å². The molecule has 0 radical (unpaired) electrons. The highest BCUT2D eigenvalue weighted by molar-refractivity contribution is 5.55. The first-order valence-electron chi connectivity index (χ1n) is 15.1. The third kappa shape index (κ3) is 5.73. The summed E-state index contributed by atoms with van der Waals surface area (Å²) in [6.45, 7) is 6.10. The Morgan fingerprint density at radius 2 is 1.89 bits per heavy atom. The first-order chi connectivity index (χ1) is 21.5. The molecule has 7 rings (SSSR count). The number of ether oxygens (including phenoxy) is 2. The Morgan fingerprint density at radius 1 is 1.09 bits per heavy atom. The number of H-pyrrole nitrogens is 1. The zero-order chi connectivity index (χ0) is 31.4. The molecule has 1 aromatic carbocycles. The highest BCUT2D eigenvalue weighted by atomic mass is 19.4. The lowest BCUT2D eigenvalue weighted by atomic mass is 9.88. The number of nitriles is 1. The Balaban J connectivity index is 1.06. The Labute approximate surface area is 258 Å². The number of fused-ring (bicyclic) bond motifs is 1. The number of alkyl halides is 3. The van der Waals surface area contributed by atoms with Crippen molar-refractivity contribution in [1.29, 1.82) is 5.26 Å². The second-order valence-corrected chi connectivity index (χ2v) is 12.5. The van der Waals surface area contributed by atoms with Crippen molar-refractivity contribution in [3.05, 3.63) is 82.7 Å². The largest absolute Gasteiger partial charge is 0.451 e. The van der Waals surface area contributed by atoms with Gasteiger partial charge in [0, 0.05) is 42.7 Å². The molecule has 232 valence electrons. The van der Waals surface area contributed by atoms with E-state index < -0.39 is 23.2 Å². The molecule has 2 fully saturated rings. The number of aromatic amines is 1. The van der Waals surface area contributed by atoms with Gasteiger partial charge in [-0.2, -0.15) is 23.5 Å². The zero-order valence-corrected chi connectivity index (χ0v) is 25.0. The maximum absolute atomic E-state index is 13.1. The van der Waals surface area contributed by atoms with Gasteiger partial charge in [0.2, 0.25) is 5.82 Å². The minimum atomic E-state index is -4.62. The monoisotopic (exact) mass is 615 g/mol.